The number of carbonyl (C=O) groups excluding carboxylic acids is 1. The lowest BCUT2D eigenvalue weighted by molar-refractivity contribution is -0.120. The van der Waals surface area contributed by atoms with E-state index in [1.54, 1.807) is 6.07 Å². The van der Waals surface area contributed by atoms with Gasteiger partial charge in [-0.3, -0.25) is 4.79 Å². The van der Waals surface area contributed by atoms with Crippen molar-refractivity contribution in [3.63, 3.8) is 0 Å². The molecule has 1 fully saturated rings. The minimum atomic E-state index is -1.17. The van der Waals surface area contributed by atoms with Crippen molar-refractivity contribution in [2.24, 2.45) is 11.1 Å². The molecule has 1 aliphatic carbocycles. The third-order valence-electron chi connectivity index (χ3n) is 3.20. The van der Waals surface area contributed by atoms with Gasteiger partial charge < -0.3 is 16.2 Å². The summed E-state index contributed by atoms with van der Waals surface area (Å²) >= 11 is 5.81. The molecule has 0 atom stereocenters. The summed E-state index contributed by atoms with van der Waals surface area (Å²) in [5.74, 6) is -1.41. The molecule has 0 spiro atoms. The number of hydrogen-bond donors (Lipinski definition) is 3. The number of carboxylic acid groups (broad SMARTS) is 1. The fraction of sp³-hybridized carbons (Fsp3) is 0.333. The first-order chi connectivity index (χ1) is 8.50. The maximum absolute atomic E-state index is 12.0. The SMILES string of the molecule is NCC1(C(=O)Nc2cccc(Cl)c2C(=O)O)CC1. The lowest BCUT2D eigenvalue weighted by atomic mass is 10.1. The first kappa shape index (κ1) is 12.9. The summed E-state index contributed by atoms with van der Waals surface area (Å²) in [6, 6.07) is 4.57. The molecule has 0 heterocycles. The van der Waals surface area contributed by atoms with Crippen LogP contribution in [0.4, 0.5) is 5.69 Å². The summed E-state index contributed by atoms with van der Waals surface area (Å²) in [5, 5.41) is 11.8. The van der Waals surface area contributed by atoms with E-state index < -0.39 is 11.4 Å². The lowest BCUT2D eigenvalue weighted by Gasteiger charge is -2.14. The van der Waals surface area contributed by atoms with Crippen molar-refractivity contribution in [2.75, 3.05) is 11.9 Å². The number of amides is 1. The first-order valence-corrected chi connectivity index (χ1v) is 5.91. The zero-order valence-corrected chi connectivity index (χ0v) is 10.3. The fourth-order valence-electron chi connectivity index (χ4n) is 1.78. The number of nitrogens with two attached hydrogens (primary N) is 1. The highest BCUT2D eigenvalue weighted by molar-refractivity contribution is 6.34. The van der Waals surface area contributed by atoms with Crippen molar-refractivity contribution in [2.45, 2.75) is 12.8 Å². The van der Waals surface area contributed by atoms with E-state index in [4.69, 9.17) is 22.4 Å². The average molecular weight is 269 g/mol. The van der Waals surface area contributed by atoms with E-state index in [1.165, 1.54) is 12.1 Å². The zero-order chi connectivity index (χ0) is 13.3. The predicted octanol–water partition coefficient (Wildman–Crippen LogP) is 1.72. The molecule has 6 heteroatoms. The van der Waals surface area contributed by atoms with E-state index in [9.17, 15) is 9.59 Å². The molecule has 0 unspecified atom stereocenters. The summed E-state index contributed by atoms with van der Waals surface area (Å²) in [6.45, 7) is 0.266. The van der Waals surface area contributed by atoms with E-state index in [2.05, 4.69) is 5.32 Å². The number of anilines is 1. The average Bonchev–Trinajstić information content (AvgIpc) is 3.09. The Kier molecular flexibility index (Phi) is 3.28. The van der Waals surface area contributed by atoms with E-state index in [0.29, 0.717) is 0 Å². The number of carboxylic acids is 1. The van der Waals surface area contributed by atoms with Gasteiger partial charge in [-0.15, -0.1) is 0 Å². The normalized spacial score (nSPS) is 16.1. The summed E-state index contributed by atoms with van der Waals surface area (Å²) in [7, 11) is 0. The Hall–Kier alpha value is -1.59. The number of carbonyl (C=O) groups is 2. The third-order valence-corrected chi connectivity index (χ3v) is 3.52. The van der Waals surface area contributed by atoms with Crippen LogP contribution < -0.4 is 11.1 Å². The number of halogens is 1. The Morgan fingerprint density at radius 2 is 2.11 bits per heavy atom. The smallest absolute Gasteiger partial charge is 0.339 e. The van der Waals surface area contributed by atoms with Crippen LogP contribution in [-0.2, 0) is 4.79 Å². The van der Waals surface area contributed by atoms with Crippen LogP contribution in [-0.4, -0.2) is 23.5 Å². The van der Waals surface area contributed by atoms with Crippen LogP contribution in [0.3, 0.4) is 0 Å². The van der Waals surface area contributed by atoms with Crippen molar-refractivity contribution in [3.05, 3.63) is 28.8 Å². The monoisotopic (exact) mass is 268 g/mol. The number of benzene rings is 1. The predicted molar refractivity (Wildman–Crippen MR) is 67.8 cm³/mol. The van der Waals surface area contributed by atoms with Crippen LogP contribution in [0, 0.1) is 5.41 Å². The van der Waals surface area contributed by atoms with Gasteiger partial charge in [0.2, 0.25) is 5.91 Å². The topological polar surface area (TPSA) is 92.4 Å². The lowest BCUT2D eigenvalue weighted by Crippen LogP contribution is -2.31. The zero-order valence-electron chi connectivity index (χ0n) is 9.57. The standard InChI is InChI=1S/C12H13ClN2O3/c13-7-2-1-3-8(9(7)10(16)17)15-11(18)12(6-14)4-5-12/h1-3H,4-6,14H2,(H,15,18)(H,16,17). The Labute approximate surface area is 109 Å². The Morgan fingerprint density at radius 3 is 2.61 bits per heavy atom. The summed E-state index contributed by atoms with van der Waals surface area (Å²) < 4.78 is 0. The molecule has 4 N–H and O–H groups in total. The molecule has 2 rings (SSSR count). The largest absolute Gasteiger partial charge is 0.478 e. The van der Waals surface area contributed by atoms with Gasteiger partial charge in [0.05, 0.1) is 16.1 Å². The second-order valence-corrected chi connectivity index (χ2v) is 4.81. The van der Waals surface area contributed by atoms with Crippen molar-refractivity contribution in [1.82, 2.24) is 0 Å². The second-order valence-electron chi connectivity index (χ2n) is 4.41. The maximum atomic E-state index is 12.0. The molecule has 1 aliphatic rings. The molecule has 1 amide bonds. The van der Waals surface area contributed by atoms with Gasteiger partial charge in [-0.2, -0.15) is 0 Å². The second kappa shape index (κ2) is 4.59. The van der Waals surface area contributed by atoms with Gasteiger partial charge in [0.15, 0.2) is 0 Å². The van der Waals surface area contributed by atoms with E-state index in [-0.39, 0.29) is 28.7 Å². The van der Waals surface area contributed by atoms with Crippen molar-refractivity contribution in [3.8, 4) is 0 Å². The van der Waals surface area contributed by atoms with Gasteiger partial charge in [-0.25, -0.2) is 4.79 Å². The molecular weight excluding hydrogens is 256 g/mol. The Morgan fingerprint density at radius 1 is 1.44 bits per heavy atom. The van der Waals surface area contributed by atoms with E-state index >= 15 is 0 Å². The van der Waals surface area contributed by atoms with E-state index in [1.807, 2.05) is 0 Å². The fourth-order valence-corrected chi connectivity index (χ4v) is 2.03. The minimum absolute atomic E-state index is 0.0953. The highest BCUT2D eigenvalue weighted by atomic mass is 35.5. The quantitative estimate of drug-likeness (QED) is 0.775. The molecule has 0 aliphatic heterocycles. The van der Waals surface area contributed by atoms with Crippen molar-refractivity contribution < 1.29 is 14.7 Å². The molecule has 0 radical (unpaired) electrons. The third kappa shape index (κ3) is 2.19. The summed E-state index contributed by atoms with van der Waals surface area (Å²) in [5.41, 5.74) is 5.13. The summed E-state index contributed by atoms with van der Waals surface area (Å²) in [6.07, 6.45) is 1.47. The molecule has 1 saturated carbocycles. The number of aromatic carboxylic acids is 1. The number of rotatable bonds is 4. The molecule has 1 aromatic carbocycles. The summed E-state index contributed by atoms with van der Waals surface area (Å²) in [4.78, 5) is 23.1. The number of nitrogens with one attached hydrogen (secondary N) is 1. The molecular formula is C12H13ClN2O3. The van der Waals surface area contributed by atoms with Crippen LogP contribution in [0.25, 0.3) is 0 Å². The van der Waals surface area contributed by atoms with Gasteiger partial charge >= 0.3 is 5.97 Å². The van der Waals surface area contributed by atoms with Gasteiger partial charge in [0.1, 0.15) is 5.56 Å². The van der Waals surface area contributed by atoms with Crippen LogP contribution in [0.15, 0.2) is 18.2 Å². The Bertz CT molecular complexity index is 512. The van der Waals surface area contributed by atoms with Crippen LogP contribution in [0.5, 0.6) is 0 Å². The highest BCUT2D eigenvalue weighted by Gasteiger charge is 2.48. The molecule has 18 heavy (non-hydrogen) atoms. The van der Waals surface area contributed by atoms with Gasteiger partial charge in [-0.1, -0.05) is 17.7 Å². The molecule has 0 aromatic heterocycles. The van der Waals surface area contributed by atoms with Crippen LogP contribution in [0.1, 0.15) is 23.2 Å². The van der Waals surface area contributed by atoms with Crippen LogP contribution >= 0.6 is 11.6 Å². The van der Waals surface area contributed by atoms with E-state index in [0.717, 1.165) is 12.8 Å². The molecule has 96 valence electrons. The van der Waals surface area contributed by atoms with Crippen LogP contribution in [0.2, 0.25) is 5.02 Å². The first-order valence-electron chi connectivity index (χ1n) is 5.53. The van der Waals surface area contributed by atoms with Crippen molar-refractivity contribution in [1.29, 1.82) is 0 Å². The van der Waals surface area contributed by atoms with Gasteiger partial charge in [0, 0.05) is 6.54 Å². The maximum Gasteiger partial charge on any atom is 0.339 e. The molecule has 5 nitrogen and oxygen atoms in total. The van der Waals surface area contributed by atoms with Gasteiger partial charge in [0.25, 0.3) is 0 Å². The Balaban J connectivity index is 2.27. The molecule has 0 bridgehead atoms. The highest BCUT2D eigenvalue weighted by Crippen LogP contribution is 2.45. The minimum Gasteiger partial charge on any atom is -0.478 e. The molecule has 1 aromatic rings. The van der Waals surface area contributed by atoms with Gasteiger partial charge in [-0.05, 0) is 25.0 Å². The van der Waals surface area contributed by atoms with Crippen molar-refractivity contribution >= 4 is 29.2 Å². The molecule has 0 saturated heterocycles. The number of hydrogen-bond acceptors (Lipinski definition) is 3.